The van der Waals surface area contributed by atoms with Crippen molar-refractivity contribution < 1.29 is 4.43 Å². The number of hydrogen-bond donors (Lipinski definition) is 0. The predicted molar refractivity (Wildman–Crippen MR) is 114 cm³/mol. The summed E-state index contributed by atoms with van der Waals surface area (Å²) in [5.41, 5.74) is 0. The molecular weight excluding hydrogens is 354 g/mol. The summed E-state index contributed by atoms with van der Waals surface area (Å²) in [6.45, 7) is 3.96. The highest BCUT2D eigenvalue weighted by Crippen LogP contribution is 2.24. The quantitative estimate of drug-likeness (QED) is 0.517. The van der Waals surface area contributed by atoms with Crippen LogP contribution >= 0.6 is 11.8 Å². The molecule has 0 saturated heterocycles. The molecule has 1 aliphatic rings. The zero-order chi connectivity index (χ0) is 17.8. The van der Waals surface area contributed by atoms with E-state index >= 15 is 0 Å². The summed E-state index contributed by atoms with van der Waals surface area (Å²) in [5, 5.41) is 4.45. The van der Waals surface area contributed by atoms with Crippen molar-refractivity contribution in [3.63, 3.8) is 0 Å². The lowest BCUT2D eigenvalue weighted by Crippen LogP contribution is -2.70. The van der Waals surface area contributed by atoms with Crippen LogP contribution in [0, 0.1) is 0 Å². The Balaban J connectivity index is 1.97. The molecule has 0 saturated carbocycles. The van der Waals surface area contributed by atoms with Gasteiger partial charge in [0.25, 0.3) is 0 Å². The van der Waals surface area contributed by atoms with Gasteiger partial charge < -0.3 is 4.43 Å². The monoisotopic (exact) mass is 373 g/mol. The summed E-state index contributed by atoms with van der Waals surface area (Å²) in [4.78, 5) is 4.55. The Kier molecular flexibility index (Phi) is 4.78. The third kappa shape index (κ3) is 3.14. The molecule has 2 nitrogen and oxygen atoms in total. The van der Waals surface area contributed by atoms with E-state index in [0.29, 0.717) is 0 Å². The minimum Gasteiger partial charge on any atom is -0.519 e. The molecular formula is C22H19NOSSi. The lowest BCUT2D eigenvalue weighted by molar-refractivity contribution is 0.570. The summed E-state index contributed by atoms with van der Waals surface area (Å²) in [7, 11) is -2.70. The second kappa shape index (κ2) is 7.36. The summed E-state index contributed by atoms with van der Waals surface area (Å²) >= 11 is 1.63. The Morgan fingerprint density at radius 2 is 1.15 bits per heavy atom. The van der Waals surface area contributed by atoms with Crippen LogP contribution in [0.1, 0.15) is 0 Å². The van der Waals surface area contributed by atoms with Crippen LogP contribution in [0.15, 0.2) is 108 Å². The maximum atomic E-state index is 6.83. The van der Waals surface area contributed by atoms with Crippen molar-refractivity contribution in [1.29, 1.82) is 0 Å². The van der Waals surface area contributed by atoms with Crippen molar-refractivity contribution in [2.24, 2.45) is 4.99 Å². The van der Waals surface area contributed by atoms with E-state index in [4.69, 9.17) is 4.43 Å². The molecule has 1 aliphatic heterocycles. The molecule has 128 valence electrons. The highest BCUT2D eigenvalue weighted by Gasteiger charge is 2.45. The van der Waals surface area contributed by atoms with Gasteiger partial charge in [-0.2, -0.15) is 0 Å². The van der Waals surface area contributed by atoms with E-state index in [1.54, 1.807) is 11.8 Å². The molecule has 26 heavy (non-hydrogen) atoms. The minimum absolute atomic E-state index is 0.736. The highest BCUT2D eigenvalue weighted by atomic mass is 32.2. The second-order valence-electron chi connectivity index (χ2n) is 6.07. The first kappa shape index (κ1) is 16.9. The molecule has 1 heterocycles. The number of thioether (sulfide) groups is 1. The Hall–Kier alpha value is -2.56. The van der Waals surface area contributed by atoms with Crippen molar-refractivity contribution in [1.82, 2.24) is 0 Å². The molecule has 0 radical (unpaired) electrons. The first-order valence-corrected chi connectivity index (χ1v) is 11.4. The first-order valence-electron chi connectivity index (χ1n) is 8.54. The molecule has 0 spiro atoms. The summed E-state index contributed by atoms with van der Waals surface area (Å²) in [6.07, 6.45) is 0. The van der Waals surface area contributed by atoms with Gasteiger partial charge in [0.05, 0.1) is 10.8 Å². The number of benzene rings is 3. The van der Waals surface area contributed by atoms with Crippen LogP contribution in [-0.4, -0.2) is 20.0 Å². The minimum atomic E-state index is -2.70. The molecule has 0 aliphatic carbocycles. The van der Waals surface area contributed by atoms with Gasteiger partial charge in [-0.25, -0.2) is 4.99 Å². The van der Waals surface area contributed by atoms with Gasteiger partial charge in [-0.3, -0.25) is 0 Å². The van der Waals surface area contributed by atoms with Crippen LogP contribution in [0.2, 0.25) is 0 Å². The second-order valence-corrected chi connectivity index (χ2v) is 10.4. The van der Waals surface area contributed by atoms with Crippen LogP contribution < -0.4 is 15.6 Å². The normalized spacial score (nSPS) is 14.2. The van der Waals surface area contributed by atoms with Gasteiger partial charge in [0.1, 0.15) is 0 Å². The van der Waals surface area contributed by atoms with Gasteiger partial charge in [-0.05, 0) is 15.6 Å². The van der Waals surface area contributed by atoms with Crippen LogP contribution in [-0.2, 0) is 4.43 Å². The van der Waals surface area contributed by atoms with Crippen LogP contribution in [0.25, 0.3) is 0 Å². The fraction of sp³-hybridized carbons (Fsp3) is 0.0455. The van der Waals surface area contributed by atoms with E-state index in [1.807, 2.05) is 18.2 Å². The maximum Gasteiger partial charge on any atom is 0.348 e. The van der Waals surface area contributed by atoms with Gasteiger partial charge in [-0.1, -0.05) is 109 Å². The molecule has 4 rings (SSSR count). The van der Waals surface area contributed by atoms with E-state index < -0.39 is 8.32 Å². The smallest absolute Gasteiger partial charge is 0.348 e. The lowest BCUT2D eigenvalue weighted by atomic mass is 10.3. The standard InChI is InChI=1S/C22H19NOSSi/c1-18-23-22(17-25-18)24-26(19-11-5-2-6-12-19,20-13-7-3-8-14-20)21-15-9-4-10-16-21/h2-16H,1,17H2. The third-order valence-corrected chi connectivity index (χ3v) is 9.22. The Morgan fingerprint density at radius 3 is 1.50 bits per heavy atom. The largest absolute Gasteiger partial charge is 0.519 e. The zero-order valence-corrected chi connectivity index (χ0v) is 16.2. The Labute approximate surface area is 159 Å². The van der Waals surface area contributed by atoms with Gasteiger partial charge in [0.15, 0.2) is 5.90 Å². The molecule has 3 aromatic carbocycles. The molecule has 4 heteroatoms. The average Bonchev–Trinajstić information content (AvgIpc) is 3.13. The van der Waals surface area contributed by atoms with Gasteiger partial charge >= 0.3 is 8.32 Å². The number of nitrogens with zero attached hydrogens (tertiary/aromatic N) is 1. The van der Waals surface area contributed by atoms with Gasteiger partial charge in [-0.15, -0.1) is 0 Å². The van der Waals surface area contributed by atoms with E-state index in [-0.39, 0.29) is 0 Å². The highest BCUT2D eigenvalue weighted by molar-refractivity contribution is 8.04. The zero-order valence-electron chi connectivity index (χ0n) is 14.3. The molecule has 0 amide bonds. The molecule has 0 atom stereocenters. The topological polar surface area (TPSA) is 21.6 Å². The lowest BCUT2D eigenvalue weighted by Gasteiger charge is -2.33. The summed E-state index contributed by atoms with van der Waals surface area (Å²) < 4.78 is 6.83. The molecule has 0 bridgehead atoms. The van der Waals surface area contributed by atoms with Crippen molar-refractivity contribution in [2.45, 2.75) is 0 Å². The van der Waals surface area contributed by atoms with Crippen molar-refractivity contribution in [3.05, 3.63) is 103 Å². The molecule has 0 N–H and O–H groups in total. The van der Waals surface area contributed by atoms with Crippen LogP contribution in [0.4, 0.5) is 0 Å². The molecule has 0 fully saturated rings. The van der Waals surface area contributed by atoms with Gasteiger partial charge in [0, 0.05) is 0 Å². The molecule has 0 aromatic heterocycles. The molecule has 0 unspecified atom stereocenters. The molecule has 3 aromatic rings. The van der Waals surface area contributed by atoms with E-state index in [2.05, 4.69) is 84.4 Å². The number of rotatable bonds is 4. The van der Waals surface area contributed by atoms with Crippen molar-refractivity contribution in [3.8, 4) is 0 Å². The first-order chi connectivity index (χ1) is 12.8. The summed E-state index contributed by atoms with van der Waals surface area (Å²) in [5.74, 6) is 1.50. The van der Waals surface area contributed by atoms with Crippen molar-refractivity contribution in [2.75, 3.05) is 5.75 Å². The fourth-order valence-electron chi connectivity index (χ4n) is 3.27. The number of hydrogen-bond acceptors (Lipinski definition) is 3. The van der Waals surface area contributed by atoms with Crippen LogP contribution in [0.3, 0.4) is 0 Å². The SMILES string of the molecule is C=C1N=C(O[Si](c2ccccc2)(c2ccccc2)c2ccccc2)CS1. The van der Waals surface area contributed by atoms with Crippen molar-refractivity contribution >= 4 is 41.5 Å². The van der Waals surface area contributed by atoms with E-state index in [9.17, 15) is 0 Å². The summed E-state index contributed by atoms with van der Waals surface area (Å²) in [6, 6.07) is 31.6. The van der Waals surface area contributed by atoms with Gasteiger partial charge in [0.2, 0.25) is 0 Å². The van der Waals surface area contributed by atoms with Crippen LogP contribution in [0.5, 0.6) is 0 Å². The number of aliphatic imine (C=N–C) groups is 1. The fourth-order valence-corrected chi connectivity index (χ4v) is 7.77. The van der Waals surface area contributed by atoms with E-state index in [1.165, 1.54) is 15.6 Å². The predicted octanol–water partition coefficient (Wildman–Crippen LogP) is 3.29. The average molecular weight is 374 g/mol. The van der Waals surface area contributed by atoms with E-state index in [0.717, 1.165) is 16.7 Å². The Morgan fingerprint density at radius 1 is 0.731 bits per heavy atom. The third-order valence-electron chi connectivity index (χ3n) is 4.42. The Bertz CT molecular complexity index is 829. The maximum absolute atomic E-state index is 6.83.